The molecule has 96 valence electrons. The number of aryl methyl sites for hydroxylation is 1. The summed E-state index contributed by atoms with van der Waals surface area (Å²) in [6, 6.07) is 7.46. The van der Waals surface area contributed by atoms with Crippen LogP contribution < -0.4 is 4.74 Å². The number of hydrogen-bond acceptors (Lipinski definition) is 3. The largest absolute Gasteiger partial charge is 0.426 e. The van der Waals surface area contributed by atoms with E-state index in [1.807, 2.05) is 31.2 Å². The summed E-state index contributed by atoms with van der Waals surface area (Å²) in [5.41, 5.74) is 1.14. The zero-order chi connectivity index (χ0) is 13.0. The number of carbonyl (C=O) groups is 2. The minimum atomic E-state index is -0.164. The second kappa shape index (κ2) is 5.80. The molecule has 0 radical (unpaired) electrons. The molecule has 0 N–H and O–H groups in total. The van der Waals surface area contributed by atoms with Crippen molar-refractivity contribution in [3.05, 3.63) is 29.8 Å². The van der Waals surface area contributed by atoms with Gasteiger partial charge in [-0.1, -0.05) is 17.7 Å². The lowest BCUT2D eigenvalue weighted by molar-refractivity contribution is -0.140. The monoisotopic (exact) mass is 246 g/mol. The first kappa shape index (κ1) is 12.8. The highest BCUT2D eigenvalue weighted by atomic mass is 16.5. The maximum Gasteiger partial charge on any atom is 0.314 e. The Morgan fingerprint density at radius 1 is 1.17 bits per heavy atom. The molecule has 0 saturated heterocycles. The first-order chi connectivity index (χ1) is 8.69. The molecule has 3 nitrogen and oxygen atoms in total. The summed E-state index contributed by atoms with van der Waals surface area (Å²) in [5, 5.41) is 0. The van der Waals surface area contributed by atoms with Crippen molar-refractivity contribution in [3.8, 4) is 5.75 Å². The fourth-order valence-electron chi connectivity index (χ4n) is 2.30. The van der Waals surface area contributed by atoms with Crippen LogP contribution in [-0.2, 0) is 9.59 Å². The number of benzene rings is 1. The van der Waals surface area contributed by atoms with Crippen LogP contribution in [0.4, 0.5) is 0 Å². The van der Waals surface area contributed by atoms with E-state index in [0.29, 0.717) is 5.75 Å². The Balaban J connectivity index is 1.88. The predicted octanol–water partition coefficient (Wildman–Crippen LogP) is 2.91. The van der Waals surface area contributed by atoms with Gasteiger partial charge in [0.2, 0.25) is 0 Å². The lowest BCUT2D eigenvalue weighted by atomic mass is 9.83. The minimum Gasteiger partial charge on any atom is -0.426 e. The summed E-state index contributed by atoms with van der Waals surface area (Å²) in [5.74, 6) is 0.516. The van der Waals surface area contributed by atoms with Gasteiger partial charge in [-0.3, -0.25) is 4.79 Å². The Hall–Kier alpha value is -1.64. The van der Waals surface area contributed by atoms with Crippen LogP contribution in [0.25, 0.3) is 0 Å². The lowest BCUT2D eigenvalue weighted by Crippen LogP contribution is -2.26. The van der Waals surface area contributed by atoms with Gasteiger partial charge in [0.25, 0.3) is 0 Å². The highest BCUT2D eigenvalue weighted by molar-refractivity contribution is 5.75. The molecule has 0 amide bonds. The standard InChI is InChI=1S/C15H18O3/c1-11-2-8-14(9-3-11)18-15(17)13-6-4-12(10-16)5-7-13/h2-3,8-10,12-13H,4-7H2,1H3. The molecule has 0 heterocycles. The summed E-state index contributed by atoms with van der Waals surface area (Å²) in [7, 11) is 0. The van der Waals surface area contributed by atoms with Gasteiger partial charge in [-0.15, -0.1) is 0 Å². The second-order valence-corrected chi connectivity index (χ2v) is 4.98. The van der Waals surface area contributed by atoms with E-state index in [1.165, 1.54) is 0 Å². The zero-order valence-electron chi connectivity index (χ0n) is 10.6. The van der Waals surface area contributed by atoms with Crippen molar-refractivity contribution in [2.75, 3.05) is 0 Å². The first-order valence-electron chi connectivity index (χ1n) is 6.42. The number of esters is 1. The molecular weight excluding hydrogens is 228 g/mol. The Bertz CT molecular complexity index is 414. The van der Waals surface area contributed by atoms with E-state index in [-0.39, 0.29) is 17.8 Å². The number of ether oxygens (including phenoxy) is 1. The number of hydrogen-bond donors (Lipinski definition) is 0. The van der Waals surface area contributed by atoms with Crippen LogP contribution in [0.1, 0.15) is 31.2 Å². The Morgan fingerprint density at radius 3 is 2.33 bits per heavy atom. The molecule has 1 aromatic carbocycles. The molecule has 0 atom stereocenters. The summed E-state index contributed by atoms with van der Waals surface area (Å²) in [6.07, 6.45) is 4.12. The van der Waals surface area contributed by atoms with Gasteiger partial charge in [-0.2, -0.15) is 0 Å². The third kappa shape index (κ3) is 3.19. The van der Waals surface area contributed by atoms with Gasteiger partial charge in [0, 0.05) is 5.92 Å². The van der Waals surface area contributed by atoms with E-state index in [0.717, 1.165) is 37.5 Å². The van der Waals surface area contributed by atoms with Gasteiger partial charge >= 0.3 is 5.97 Å². The van der Waals surface area contributed by atoms with E-state index < -0.39 is 0 Å². The molecule has 0 aliphatic heterocycles. The van der Waals surface area contributed by atoms with Gasteiger partial charge < -0.3 is 9.53 Å². The molecule has 1 aliphatic carbocycles. The van der Waals surface area contributed by atoms with Crippen LogP contribution >= 0.6 is 0 Å². The maximum absolute atomic E-state index is 11.9. The van der Waals surface area contributed by atoms with Crippen LogP contribution in [-0.4, -0.2) is 12.3 Å². The average Bonchev–Trinajstić information content (AvgIpc) is 2.41. The smallest absolute Gasteiger partial charge is 0.314 e. The molecule has 0 unspecified atom stereocenters. The highest BCUT2D eigenvalue weighted by Crippen LogP contribution is 2.28. The highest BCUT2D eigenvalue weighted by Gasteiger charge is 2.27. The maximum atomic E-state index is 11.9. The van der Waals surface area contributed by atoms with Crippen LogP contribution in [0.5, 0.6) is 5.75 Å². The van der Waals surface area contributed by atoms with Gasteiger partial charge in [-0.25, -0.2) is 0 Å². The minimum absolute atomic E-state index is 0.0532. The fraction of sp³-hybridized carbons (Fsp3) is 0.467. The molecular formula is C15H18O3. The van der Waals surface area contributed by atoms with Gasteiger partial charge in [0.15, 0.2) is 0 Å². The zero-order valence-corrected chi connectivity index (χ0v) is 10.6. The van der Waals surface area contributed by atoms with Crippen molar-refractivity contribution in [2.45, 2.75) is 32.6 Å². The Morgan fingerprint density at radius 2 is 1.78 bits per heavy atom. The lowest BCUT2D eigenvalue weighted by Gasteiger charge is -2.23. The first-order valence-corrected chi connectivity index (χ1v) is 6.42. The molecule has 0 bridgehead atoms. The van der Waals surface area contributed by atoms with Crippen LogP contribution in [0.3, 0.4) is 0 Å². The van der Waals surface area contributed by atoms with Crippen molar-refractivity contribution in [3.63, 3.8) is 0 Å². The van der Waals surface area contributed by atoms with Crippen LogP contribution in [0.15, 0.2) is 24.3 Å². The fourth-order valence-corrected chi connectivity index (χ4v) is 2.30. The normalized spacial score (nSPS) is 23.4. The number of aldehydes is 1. The van der Waals surface area contributed by atoms with E-state index >= 15 is 0 Å². The van der Waals surface area contributed by atoms with Crippen molar-refractivity contribution in [1.29, 1.82) is 0 Å². The van der Waals surface area contributed by atoms with E-state index in [4.69, 9.17) is 4.74 Å². The van der Waals surface area contributed by atoms with Crippen molar-refractivity contribution in [2.24, 2.45) is 11.8 Å². The van der Waals surface area contributed by atoms with Crippen molar-refractivity contribution in [1.82, 2.24) is 0 Å². The molecule has 0 spiro atoms. The molecule has 18 heavy (non-hydrogen) atoms. The Labute approximate surface area is 107 Å². The summed E-state index contributed by atoms with van der Waals surface area (Å²) in [4.78, 5) is 22.6. The van der Waals surface area contributed by atoms with Gasteiger partial charge in [0.05, 0.1) is 5.92 Å². The van der Waals surface area contributed by atoms with Crippen LogP contribution in [0.2, 0.25) is 0 Å². The quantitative estimate of drug-likeness (QED) is 0.468. The molecule has 1 aliphatic rings. The molecule has 0 aromatic heterocycles. The Kier molecular flexibility index (Phi) is 4.13. The summed E-state index contributed by atoms with van der Waals surface area (Å²) >= 11 is 0. The van der Waals surface area contributed by atoms with E-state index in [9.17, 15) is 9.59 Å². The molecule has 1 aromatic rings. The molecule has 3 heteroatoms. The van der Waals surface area contributed by atoms with E-state index in [2.05, 4.69) is 0 Å². The summed E-state index contributed by atoms with van der Waals surface area (Å²) < 4.78 is 5.35. The average molecular weight is 246 g/mol. The van der Waals surface area contributed by atoms with Crippen LogP contribution in [0, 0.1) is 18.8 Å². The van der Waals surface area contributed by atoms with Gasteiger partial charge in [0.1, 0.15) is 12.0 Å². The third-order valence-electron chi connectivity index (χ3n) is 3.54. The number of carbonyl (C=O) groups excluding carboxylic acids is 2. The second-order valence-electron chi connectivity index (χ2n) is 4.98. The van der Waals surface area contributed by atoms with Crippen molar-refractivity contribution < 1.29 is 14.3 Å². The van der Waals surface area contributed by atoms with Gasteiger partial charge in [-0.05, 0) is 44.7 Å². The molecule has 1 saturated carbocycles. The number of rotatable bonds is 3. The third-order valence-corrected chi connectivity index (χ3v) is 3.54. The van der Waals surface area contributed by atoms with E-state index in [1.54, 1.807) is 0 Å². The topological polar surface area (TPSA) is 43.4 Å². The SMILES string of the molecule is Cc1ccc(OC(=O)C2CCC(C=O)CC2)cc1. The predicted molar refractivity (Wildman–Crippen MR) is 68.3 cm³/mol. The molecule has 2 rings (SSSR count). The van der Waals surface area contributed by atoms with Crippen molar-refractivity contribution >= 4 is 12.3 Å². The molecule has 1 fully saturated rings. The summed E-state index contributed by atoms with van der Waals surface area (Å²) in [6.45, 7) is 1.99.